The highest BCUT2D eigenvalue weighted by Gasteiger charge is 2.37. The minimum absolute atomic E-state index is 0.0116. The zero-order valence-electron chi connectivity index (χ0n) is 16.4. The van der Waals surface area contributed by atoms with Gasteiger partial charge in [-0.3, -0.25) is 14.4 Å². The Balaban J connectivity index is 1.84. The van der Waals surface area contributed by atoms with Crippen LogP contribution in [0, 0.1) is 0 Å². The monoisotopic (exact) mass is 476 g/mol. The fraction of sp³-hybridized carbons (Fsp3) is 0.278. The molecule has 1 aromatic carbocycles. The molecule has 15 heteroatoms. The Hall–Kier alpha value is -3.91. The molecule has 0 spiro atoms. The summed E-state index contributed by atoms with van der Waals surface area (Å²) >= 11 is 0. The first-order valence-electron chi connectivity index (χ1n) is 9.05. The average Bonchev–Trinajstić information content (AvgIpc) is 3.31. The van der Waals surface area contributed by atoms with Gasteiger partial charge in [-0.15, -0.1) is 5.10 Å². The largest absolute Gasteiger partial charge is 0.416 e. The molecule has 0 atom stereocenters. The molecule has 0 radical (unpaired) electrons. The number of hydrazine groups is 1. The highest BCUT2D eigenvalue weighted by Crippen LogP contribution is 2.38. The molecule has 1 aliphatic heterocycles. The lowest BCUT2D eigenvalue weighted by Gasteiger charge is -2.25. The van der Waals surface area contributed by atoms with E-state index in [2.05, 4.69) is 10.1 Å². The van der Waals surface area contributed by atoms with Crippen LogP contribution in [-0.2, 0) is 26.7 Å². The van der Waals surface area contributed by atoms with E-state index in [9.17, 15) is 40.7 Å². The van der Waals surface area contributed by atoms with Crippen LogP contribution in [0.3, 0.4) is 0 Å². The van der Waals surface area contributed by atoms with E-state index in [4.69, 9.17) is 5.73 Å². The van der Waals surface area contributed by atoms with Gasteiger partial charge in [0.2, 0.25) is 11.8 Å². The van der Waals surface area contributed by atoms with Gasteiger partial charge in [-0.25, -0.2) is 19.7 Å². The molecule has 0 saturated carbocycles. The maximum Gasteiger partial charge on any atom is 0.416 e. The fourth-order valence-corrected chi connectivity index (χ4v) is 2.93. The topological polar surface area (TPSA) is 114 Å². The van der Waals surface area contributed by atoms with Crippen molar-refractivity contribution in [3.05, 3.63) is 41.7 Å². The van der Waals surface area contributed by atoms with E-state index in [-0.39, 0.29) is 19.0 Å². The first-order valence-corrected chi connectivity index (χ1v) is 9.05. The Morgan fingerprint density at radius 1 is 1.06 bits per heavy atom. The Morgan fingerprint density at radius 3 is 2.21 bits per heavy atom. The molecule has 3 amide bonds. The van der Waals surface area contributed by atoms with Gasteiger partial charge in [0.1, 0.15) is 12.9 Å². The third-order valence-electron chi connectivity index (χ3n) is 4.40. The number of rotatable bonds is 5. The summed E-state index contributed by atoms with van der Waals surface area (Å²) in [5, 5.41) is 5.59. The summed E-state index contributed by atoms with van der Waals surface area (Å²) in [5.74, 6) is -2.52. The molecular weight excluding hydrogens is 462 g/mol. The van der Waals surface area contributed by atoms with Crippen LogP contribution in [0.2, 0.25) is 0 Å². The summed E-state index contributed by atoms with van der Waals surface area (Å²) in [7, 11) is 0. The molecule has 0 aliphatic carbocycles. The van der Waals surface area contributed by atoms with Crippen molar-refractivity contribution < 1.29 is 40.7 Å². The van der Waals surface area contributed by atoms with Crippen LogP contribution in [0.5, 0.6) is 0 Å². The van der Waals surface area contributed by atoms with Gasteiger partial charge in [0.15, 0.2) is 5.82 Å². The molecule has 1 aliphatic rings. The normalized spacial score (nSPS) is 15.0. The Labute approximate surface area is 181 Å². The van der Waals surface area contributed by atoms with Gasteiger partial charge in [-0.1, -0.05) is 0 Å². The molecule has 2 heterocycles. The number of benzene rings is 1. The summed E-state index contributed by atoms with van der Waals surface area (Å²) < 4.78 is 79.1. The van der Waals surface area contributed by atoms with E-state index in [1.165, 1.54) is 0 Å². The van der Waals surface area contributed by atoms with Crippen molar-refractivity contribution in [1.29, 1.82) is 0 Å². The highest BCUT2D eigenvalue weighted by atomic mass is 19.4. The predicted molar refractivity (Wildman–Crippen MR) is 98.0 cm³/mol. The maximum absolute atomic E-state index is 13.0. The molecule has 1 fully saturated rings. The van der Waals surface area contributed by atoms with Crippen LogP contribution in [0.1, 0.15) is 17.5 Å². The van der Waals surface area contributed by atoms with Crippen LogP contribution >= 0.6 is 0 Å². The number of alkyl halides is 6. The van der Waals surface area contributed by atoms with Crippen LogP contribution in [0.25, 0.3) is 17.6 Å². The van der Waals surface area contributed by atoms with Crippen LogP contribution in [0.15, 0.2) is 30.6 Å². The second-order valence-corrected chi connectivity index (χ2v) is 6.79. The number of amides is 3. The maximum atomic E-state index is 13.0. The smallest absolute Gasteiger partial charge is 0.368 e. The van der Waals surface area contributed by atoms with Gasteiger partial charge in [0, 0.05) is 24.3 Å². The molecule has 0 bridgehead atoms. The van der Waals surface area contributed by atoms with Crippen molar-refractivity contribution >= 4 is 23.9 Å². The number of nitrogens with two attached hydrogens (primary N) is 1. The van der Waals surface area contributed by atoms with E-state index in [1.54, 1.807) is 0 Å². The molecule has 1 aromatic heterocycles. The van der Waals surface area contributed by atoms with Gasteiger partial charge in [-0.2, -0.15) is 26.3 Å². The highest BCUT2D eigenvalue weighted by molar-refractivity contribution is 5.94. The number of hydrogen-bond donors (Lipinski definition) is 1. The zero-order chi connectivity index (χ0) is 24.6. The van der Waals surface area contributed by atoms with Gasteiger partial charge < -0.3 is 5.73 Å². The molecule has 33 heavy (non-hydrogen) atoms. The van der Waals surface area contributed by atoms with E-state index in [1.807, 2.05) is 0 Å². The van der Waals surface area contributed by atoms with E-state index in [0.717, 1.165) is 33.3 Å². The number of primary amides is 1. The number of halogens is 6. The first-order chi connectivity index (χ1) is 15.3. The molecule has 3 rings (SSSR count). The molecule has 2 aromatic rings. The molecule has 1 saturated heterocycles. The quantitative estimate of drug-likeness (QED) is 0.523. The molecule has 2 N–H and O–H groups in total. The summed E-state index contributed by atoms with van der Waals surface area (Å²) in [6.45, 7) is -0.523. The Kier molecular flexibility index (Phi) is 6.16. The first kappa shape index (κ1) is 23.7. The van der Waals surface area contributed by atoms with E-state index >= 15 is 0 Å². The Bertz CT molecular complexity index is 1090. The van der Waals surface area contributed by atoms with Crippen molar-refractivity contribution in [3.8, 4) is 11.4 Å². The summed E-state index contributed by atoms with van der Waals surface area (Å²) in [4.78, 5) is 38.8. The minimum Gasteiger partial charge on any atom is -0.368 e. The van der Waals surface area contributed by atoms with Gasteiger partial charge >= 0.3 is 12.4 Å². The minimum atomic E-state index is -5.03. The van der Waals surface area contributed by atoms with Crippen molar-refractivity contribution in [1.82, 2.24) is 24.8 Å². The third-order valence-corrected chi connectivity index (χ3v) is 4.40. The van der Waals surface area contributed by atoms with Crippen LogP contribution < -0.4 is 5.73 Å². The standard InChI is InChI=1S/C18H14F6N6O3/c19-17(20,21)11-5-10(6-12(7-11)18(22,23)24)16-26-9-28(27-16)3-1-14(32)29-4-2-15(33)30(29)8-13(25)31/h1,3,5-7,9H,2,4,8H2,(H2,25,31)/b3-1-. The van der Waals surface area contributed by atoms with Crippen molar-refractivity contribution in [3.63, 3.8) is 0 Å². The molecule has 176 valence electrons. The number of aromatic nitrogens is 3. The molecular formula is C18H14F6N6O3. The summed E-state index contributed by atoms with van der Waals surface area (Å²) in [6, 6.07) is 0.927. The number of nitrogens with zero attached hydrogens (tertiary/aromatic N) is 5. The Morgan fingerprint density at radius 2 is 1.67 bits per heavy atom. The summed E-state index contributed by atoms with van der Waals surface area (Å²) in [6.07, 6.45) is -7.18. The van der Waals surface area contributed by atoms with E-state index < -0.39 is 59.1 Å². The molecule has 0 unspecified atom stereocenters. The second kappa shape index (κ2) is 8.55. The summed E-state index contributed by atoms with van der Waals surface area (Å²) in [5.41, 5.74) is 1.46. The number of carbonyl (C=O) groups excluding carboxylic acids is 3. The van der Waals surface area contributed by atoms with Crippen LogP contribution in [-0.4, -0.2) is 55.6 Å². The van der Waals surface area contributed by atoms with Gasteiger partial charge in [0.05, 0.1) is 17.7 Å². The van der Waals surface area contributed by atoms with Gasteiger partial charge in [-0.05, 0) is 18.2 Å². The SMILES string of the molecule is NC(=O)CN1C(=O)CCN1C(=O)/C=C\n1cnc(-c2cc(C(F)(F)F)cc(C(F)(F)F)c2)n1. The van der Waals surface area contributed by atoms with Crippen molar-refractivity contribution in [2.45, 2.75) is 18.8 Å². The van der Waals surface area contributed by atoms with Crippen molar-refractivity contribution in [2.75, 3.05) is 13.1 Å². The zero-order valence-corrected chi connectivity index (χ0v) is 16.4. The average molecular weight is 476 g/mol. The number of carbonyl (C=O) groups is 3. The lowest BCUT2D eigenvalue weighted by atomic mass is 10.0. The van der Waals surface area contributed by atoms with Crippen molar-refractivity contribution in [2.24, 2.45) is 5.73 Å². The lowest BCUT2D eigenvalue weighted by Crippen LogP contribution is -2.46. The van der Waals surface area contributed by atoms with E-state index in [0.29, 0.717) is 12.1 Å². The molecule has 9 nitrogen and oxygen atoms in total. The predicted octanol–water partition coefficient (Wildman–Crippen LogP) is 1.91. The third kappa shape index (κ3) is 5.48. The van der Waals surface area contributed by atoms with Crippen LogP contribution in [0.4, 0.5) is 26.3 Å². The lowest BCUT2D eigenvalue weighted by molar-refractivity contribution is -0.152. The fourth-order valence-electron chi connectivity index (χ4n) is 2.93. The second-order valence-electron chi connectivity index (χ2n) is 6.79. The van der Waals surface area contributed by atoms with Gasteiger partial charge in [0.25, 0.3) is 5.91 Å². The number of hydrogen-bond acceptors (Lipinski definition) is 5.